The number of nitrogens with one attached hydrogen (secondary N) is 1. The van der Waals surface area contributed by atoms with Crippen molar-refractivity contribution in [1.82, 2.24) is 4.98 Å². The van der Waals surface area contributed by atoms with Gasteiger partial charge in [-0.25, -0.2) is 4.39 Å². The minimum absolute atomic E-state index is 0.122. The summed E-state index contributed by atoms with van der Waals surface area (Å²) < 4.78 is 14.0. The topological polar surface area (TPSA) is 65.8 Å². The molecule has 1 N–H and O–H groups in total. The number of nitrogens with zero attached hydrogens (tertiary/aromatic N) is 2. The lowest BCUT2D eigenvalue weighted by molar-refractivity contribution is 0.104. The molecular formula is C16H9BrCl2FN3O. The first-order valence-electron chi connectivity index (χ1n) is 6.51. The van der Waals surface area contributed by atoms with Crippen molar-refractivity contribution in [3.8, 4) is 6.07 Å². The molecule has 0 saturated carbocycles. The van der Waals surface area contributed by atoms with E-state index in [4.69, 9.17) is 28.5 Å². The van der Waals surface area contributed by atoms with Crippen molar-refractivity contribution in [3.63, 3.8) is 0 Å². The zero-order valence-electron chi connectivity index (χ0n) is 12.2. The zero-order valence-corrected chi connectivity index (χ0v) is 15.3. The van der Waals surface area contributed by atoms with Crippen molar-refractivity contribution in [2.24, 2.45) is 0 Å². The normalized spacial score (nSPS) is 11.1. The number of pyridine rings is 1. The van der Waals surface area contributed by atoms with Gasteiger partial charge < -0.3 is 5.32 Å². The standard InChI is InChI=1S/C16H9BrCl2FN3O/c1-8(2-14(24)15-10(17)6-22-7-13(15)20)23-16-11(18)3-9(5-21)4-12(16)19/h2-4,6-7,23H,1H3. The monoisotopic (exact) mass is 427 g/mol. The average Bonchev–Trinajstić information content (AvgIpc) is 2.50. The van der Waals surface area contributed by atoms with Crippen LogP contribution in [0.3, 0.4) is 0 Å². The summed E-state index contributed by atoms with van der Waals surface area (Å²) in [6.07, 6.45) is 3.51. The minimum Gasteiger partial charge on any atom is -0.357 e. The van der Waals surface area contributed by atoms with Gasteiger partial charge in [-0.05, 0) is 35.0 Å². The van der Waals surface area contributed by atoms with Gasteiger partial charge in [-0.1, -0.05) is 23.2 Å². The molecule has 0 fully saturated rings. The van der Waals surface area contributed by atoms with Gasteiger partial charge in [0, 0.05) is 22.4 Å². The van der Waals surface area contributed by atoms with Crippen LogP contribution in [0.1, 0.15) is 22.8 Å². The second kappa shape index (κ2) is 7.75. The Morgan fingerprint density at radius 1 is 1.38 bits per heavy atom. The Balaban J connectivity index is 2.30. The largest absolute Gasteiger partial charge is 0.357 e. The molecule has 0 spiro atoms. The van der Waals surface area contributed by atoms with E-state index < -0.39 is 11.6 Å². The molecule has 0 bridgehead atoms. The third-order valence-corrected chi connectivity index (χ3v) is 4.14. The average molecular weight is 429 g/mol. The summed E-state index contributed by atoms with van der Waals surface area (Å²) in [5.74, 6) is -1.28. The first-order chi connectivity index (χ1) is 11.3. The minimum atomic E-state index is -0.729. The number of halogens is 4. The molecule has 122 valence electrons. The molecule has 1 heterocycles. The molecule has 24 heavy (non-hydrogen) atoms. The lowest BCUT2D eigenvalue weighted by Gasteiger charge is -2.11. The maximum atomic E-state index is 13.8. The van der Waals surface area contributed by atoms with E-state index in [1.54, 1.807) is 6.92 Å². The van der Waals surface area contributed by atoms with Gasteiger partial charge in [0.15, 0.2) is 11.6 Å². The van der Waals surface area contributed by atoms with Crippen LogP contribution in [0.2, 0.25) is 10.0 Å². The number of nitriles is 1. The molecule has 0 radical (unpaired) electrons. The van der Waals surface area contributed by atoms with Crippen LogP contribution in [0, 0.1) is 17.1 Å². The number of ketones is 1. The van der Waals surface area contributed by atoms with Crippen LogP contribution < -0.4 is 5.32 Å². The number of carbonyl (C=O) groups excluding carboxylic acids is 1. The Morgan fingerprint density at radius 2 is 2.00 bits per heavy atom. The number of anilines is 1. The molecule has 0 aliphatic carbocycles. The highest BCUT2D eigenvalue weighted by molar-refractivity contribution is 9.10. The van der Waals surface area contributed by atoms with Gasteiger partial charge in [0.05, 0.1) is 39.1 Å². The molecule has 1 aromatic carbocycles. The molecule has 4 nitrogen and oxygen atoms in total. The van der Waals surface area contributed by atoms with Crippen molar-refractivity contribution < 1.29 is 9.18 Å². The number of carbonyl (C=O) groups is 1. The van der Waals surface area contributed by atoms with Crippen LogP contribution in [0.25, 0.3) is 0 Å². The van der Waals surface area contributed by atoms with Gasteiger partial charge in [0.25, 0.3) is 0 Å². The smallest absolute Gasteiger partial charge is 0.191 e. The number of hydrogen-bond acceptors (Lipinski definition) is 4. The van der Waals surface area contributed by atoms with E-state index in [9.17, 15) is 9.18 Å². The summed E-state index contributed by atoms with van der Waals surface area (Å²) in [6.45, 7) is 1.61. The highest BCUT2D eigenvalue weighted by Gasteiger charge is 2.15. The highest BCUT2D eigenvalue weighted by atomic mass is 79.9. The molecule has 0 saturated heterocycles. The van der Waals surface area contributed by atoms with Gasteiger partial charge in [-0.3, -0.25) is 9.78 Å². The highest BCUT2D eigenvalue weighted by Crippen LogP contribution is 2.32. The fourth-order valence-electron chi connectivity index (χ4n) is 1.91. The molecular weight excluding hydrogens is 420 g/mol. The van der Waals surface area contributed by atoms with Gasteiger partial charge in [0.1, 0.15) is 0 Å². The van der Waals surface area contributed by atoms with Crippen LogP contribution in [0.15, 0.2) is 40.8 Å². The summed E-state index contributed by atoms with van der Waals surface area (Å²) >= 11 is 15.2. The van der Waals surface area contributed by atoms with Gasteiger partial charge >= 0.3 is 0 Å². The van der Waals surface area contributed by atoms with Gasteiger partial charge in [0.2, 0.25) is 0 Å². The van der Waals surface area contributed by atoms with Crippen LogP contribution in [-0.4, -0.2) is 10.8 Å². The van der Waals surface area contributed by atoms with Gasteiger partial charge in [-0.2, -0.15) is 5.26 Å². The zero-order chi connectivity index (χ0) is 17.9. The Bertz CT molecular complexity index is 850. The van der Waals surface area contributed by atoms with E-state index in [-0.39, 0.29) is 20.1 Å². The predicted molar refractivity (Wildman–Crippen MR) is 94.8 cm³/mol. The van der Waals surface area contributed by atoms with Crippen molar-refractivity contribution in [2.45, 2.75) is 6.92 Å². The first-order valence-corrected chi connectivity index (χ1v) is 8.06. The predicted octanol–water partition coefficient (Wildman–Crippen LogP) is 5.36. The molecule has 0 amide bonds. The third kappa shape index (κ3) is 4.12. The van der Waals surface area contributed by atoms with E-state index in [2.05, 4.69) is 26.2 Å². The van der Waals surface area contributed by atoms with Crippen molar-refractivity contribution in [3.05, 3.63) is 67.8 Å². The van der Waals surface area contributed by atoms with Crippen LogP contribution >= 0.6 is 39.1 Å². The maximum absolute atomic E-state index is 13.8. The Kier molecular flexibility index (Phi) is 5.94. The lowest BCUT2D eigenvalue weighted by Crippen LogP contribution is -2.05. The molecule has 8 heteroatoms. The quantitative estimate of drug-likeness (QED) is 0.525. The van der Waals surface area contributed by atoms with Crippen molar-refractivity contribution in [2.75, 3.05) is 5.32 Å². The molecule has 0 aliphatic heterocycles. The summed E-state index contributed by atoms with van der Waals surface area (Å²) in [6, 6.07) is 4.83. The second-order valence-electron chi connectivity index (χ2n) is 4.72. The molecule has 0 atom stereocenters. The number of aromatic nitrogens is 1. The van der Waals surface area contributed by atoms with Crippen molar-refractivity contribution in [1.29, 1.82) is 5.26 Å². The van der Waals surface area contributed by atoms with Crippen molar-refractivity contribution >= 4 is 50.6 Å². The van der Waals surface area contributed by atoms with E-state index in [1.807, 2.05) is 6.07 Å². The number of hydrogen-bond donors (Lipinski definition) is 1. The Hall–Kier alpha value is -1.94. The summed E-state index contributed by atoms with van der Waals surface area (Å²) in [7, 11) is 0. The molecule has 1 aromatic heterocycles. The fraction of sp³-hybridized carbons (Fsp3) is 0.0625. The number of rotatable bonds is 4. The molecule has 0 unspecified atom stereocenters. The third-order valence-electron chi connectivity index (χ3n) is 2.94. The van der Waals surface area contributed by atoms with Crippen LogP contribution in [0.4, 0.5) is 10.1 Å². The van der Waals surface area contributed by atoms with E-state index in [0.717, 1.165) is 6.20 Å². The van der Waals surface area contributed by atoms with Gasteiger partial charge in [-0.15, -0.1) is 0 Å². The van der Waals surface area contributed by atoms with Crippen LogP contribution in [-0.2, 0) is 0 Å². The van der Waals surface area contributed by atoms with Crippen LogP contribution in [0.5, 0.6) is 0 Å². The SMILES string of the molecule is CC(=CC(=O)c1c(F)cncc1Br)Nc1c(Cl)cc(C#N)cc1Cl. The second-order valence-corrected chi connectivity index (χ2v) is 6.39. The van der Waals surface area contributed by atoms with E-state index in [1.165, 1.54) is 24.4 Å². The molecule has 2 aromatic rings. The fourth-order valence-corrected chi connectivity index (χ4v) is 2.99. The molecule has 0 aliphatic rings. The maximum Gasteiger partial charge on any atom is 0.191 e. The Morgan fingerprint density at radius 3 is 2.54 bits per heavy atom. The first kappa shape index (κ1) is 18.4. The summed E-state index contributed by atoms with van der Waals surface area (Å²) in [5.41, 5.74) is 0.948. The molecule has 2 rings (SSSR count). The van der Waals surface area contributed by atoms with E-state index >= 15 is 0 Å². The number of allylic oxidation sites excluding steroid dienone is 2. The Labute approximate surface area is 156 Å². The summed E-state index contributed by atoms with van der Waals surface area (Å²) in [4.78, 5) is 15.9. The lowest BCUT2D eigenvalue weighted by atomic mass is 10.1. The number of benzene rings is 1. The van der Waals surface area contributed by atoms with E-state index in [0.29, 0.717) is 16.9 Å². The summed E-state index contributed by atoms with van der Waals surface area (Å²) in [5, 5.41) is 12.2.